The monoisotopic (exact) mass is 430 g/mol. The molecule has 5 aliphatic rings. The molecule has 0 aromatic heterocycles. The SMILES string of the molecule is C[C@H]1CO[C@@](C)(c2c(O)c3c(c4c2O[C@@]2(C)OC[C@H](C)[C@H]2C4)O[C@@]2(C)OCC[C@H]2C3)C1. The topological polar surface area (TPSA) is 66.4 Å². The van der Waals surface area contributed by atoms with E-state index in [1.165, 1.54) is 0 Å². The van der Waals surface area contributed by atoms with Gasteiger partial charge in [0.2, 0.25) is 11.6 Å². The number of hydrogen-bond acceptors (Lipinski definition) is 6. The maximum atomic E-state index is 11.7. The van der Waals surface area contributed by atoms with Gasteiger partial charge in [-0.3, -0.25) is 0 Å². The van der Waals surface area contributed by atoms with Crippen LogP contribution in [0.1, 0.15) is 64.2 Å². The van der Waals surface area contributed by atoms with E-state index in [0.29, 0.717) is 37.4 Å². The first-order chi connectivity index (χ1) is 14.6. The van der Waals surface area contributed by atoms with E-state index in [1.807, 2.05) is 13.8 Å². The van der Waals surface area contributed by atoms with Crippen LogP contribution in [0.3, 0.4) is 0 Å². The third-order valence-electron chi connectivity index (χ3n) is 8.60. The van der Waals surface area contributed by atoms with E-state index in [0.717, 1.165) is 48.1 Å². The van der Waals surface area contributed by atoms with E-state index in [4.69, 9.17) is 23.7 Å². The quantitative estimate of drug-likeness (QED) is 0.717. The van der Waals surface area contributed by atoms with Gasteiger partial charge >= 0.3 is 0 Å². The molecule has 0 bridgehead atoms. The minimum absolute atomic E-state index is 0.233. The van der Waals surface area contributed by atoms with Crippen LogP contribution in [0.5, 0.6) is 17.2 Å². The fourth-order valence-corrected chi connectivity index (χ4v) is 6.77. The molecular formula is C25H34O6. The molecule has 0 spiro atoms. The van der Waals surface area contributed by atoms with Crippen molar-refractivity contribution in [2.45, 2.75) is 77.5 Å². The maximum absolute atomic E-state index is 11.7. The Kier molecular flexibility index (Phi) is 4.09. The summed E-state index contributed by atoms with van der Waals surface area (Å²) in [6, 6.07) is 0. The number of aromatic hydroxyl groups is 1. The first-order valence-electron chi connectivity index (χ1n) is 11.8. The molecule has 170 valence electrons. The smallest absolute Gasteiger partial charge is 0.211 e. The van der Waals surface area contributed by atoms with E-state index < -0.39 is 17.2 Å². The molecule has 6 heteroatoms. The molecular weight excluding hydrogens is 396 g/mol. The number of benzene rings is 1. The third kappa shape index (κ3) is 2.67. The van der Waals surface area contributed by atoms with Crippen LogP contribution >= 0.6 is 0 Å². The highest BCUT2D eigenvalue weighted by Gasteiger charge is 2.56. The van der Waals surface area contributed by atoms with Crippen LogP contribution in [0.15, 0.2) is 0 Å². The van der Waals surface area contributed by atoms with Crippen molar-refractivity contribution in [2.24, 2.45) is 23.7 Å². The number of ether oxygens (including phenoxy) is 5. The van der Waals surface area contributed by atoms with Crippen molar-refractivity contribution in [3.63, 3.8) is 0 Å². The molecule has 31 heavy (non-hydrogen) atoms. The second kappa shape index (κ2) is 6.30. The number of phenols is 1. The second-order valence-electron chi connectivity index (χ2n) is 11.1. The maximum Gasteiger partial charge on any atom is 0.211 e. The van der Waals surface area contributed by atoms with Gasteiger partial charge in [-0.1, -0.05) is 13.8 Å². The Hall–Kier alpha value is -1.50. The predicted octanol–water partition coefficient (Wildman–Crippen LogP) is 4.29. The Morgan fingerprint density at radius 2 is 1.65 bits per heavy atom. The summed E-state index contributed by atoms with van der Waals surface area (Å²) in [6.07, 6.45) is 3.33. The molecule has 3 fully saturated rings. The average Bonchev–Trinajstić information content (AvgIpc) is 3.34. The molecule has 7 atom stereocenters. The summed E-state index contributed by atoms with van der Waals surface area (Å²) in [5.74, 6) is 1.66. The van der Waals surface area contributed by atoms with Gasteiger partial charge in [-0.2, -0.15) is 0 Å². The van der Waals surface area contributed by atoms with Gasteiger partial charge in [0.05, 0.1) is 31.0 Å². The van der Waals surface area contributed by atoms with Crippen molar-refractivity contribution in [3.05, 3.63) is 16.7 Å². The molecule has 1 aromatic rings. The zero-order valence-electron chi connectivity index (χ0n) is 19.2. The van der Waals surface area contributed by atoms with E-state index >= 15 is 0 Å². The molecule has 5 aliphatic heterocycles. The summed E-state index contributed by atoms with van der Waals surface area (Å²) < 4.78 is 31.7. The zero-order valence-corrected chi connectivity index (χ0v) is 19.2. The lowest BCUT2D eigenvalue weighted by Gasteiger charge is -2.44. The first kappa shape index (κ1) is 20.1. The number of fused-ring (bicyclic) bond motifs is 5. The standard InChI is InChI=1S/C25H34O6/c1-13-10-23(3,28-11-13)19-20(26)16-8-15-6-7-27-24(15,4)30-21(16)17-9-18-14(2)12-29-25(18,5)31-22(17)19/h13-15,18,26H,6-12H2,1-5H3/t13-,14+,15+,18-,23-,24-,25-/m1/s1. The molecule has 3 saturated heterocycles. The predicted molar refractivity (Wildman–Crippen MR) is 113 cm³/mol. The minimum atomic E-state index is -0.701. The van der Waals surface area contributed by atoms with Crippen molar-refractivity contribution >= 4 is 0 Å². The Bertz CT molecular complexity index is 945. The number of rotatable bonds is 1. The van der Waals surface area contributed by atoms with Crippen LogP contribution in [0.25, 0.3) is 0 Å². The van der Waals surface area contributed by atoms with Gasteiger partial charge in [0, 0.05) is 36.8 Å². The van der Waals surface area contributed by atoms with Gasteiger partial charge in [-0.05, 0) is 44.4 Å². The number of phenolic OH excluding ortho intramolecular Hbond substituents is 1. The second-order valence-corrected chi connectivity index (χ2v) is 11.1. The van der Waals surface area contributed by atoms with Crippen molar-refractivity contribution in [2.75, 3.05) is 19.8 Å². The lowest BCUT2D eigenvalue weighted by atomic mass is 9.76. The van der Waals surface area contributed by atoms with Crippen molar-refractivity contribution in [3.8, 4) is 17.2 Å². The lowest BCUT2D eigenvalue weighted by molar-refractivity contribution is -0.175. The van der Waals surface area contributed by atoms with Crippen LogP contribution in [0.2, 0.25) is 0 Å². The van der Waals surface area contributed by atoms with E-state index in [1.54, 1.807) is 0 Å². The van der Waals surface area contributed by atoms with Crippen molar-refractivity contribution in [1.29, 1.82) is 0 Å². The highest BCUT2D eigenvalue weighted by Crippen LogP contribution is 2.60. The van der Waals surface area contributed by atoms with Crippen LogP contribution in [-0.2, 0) is 32.7 Å². The van der Waals surface area contributed by atoms with Gasteiger partial charge in [0.15, 0.2) is 0 Å². The molecule has 1 N–H and O–H groups in total. The molecule has 0 aliphatic carbocycles. The summed E-state index contributed by atoms with van der Waals surface area (Å²) >= 11 is 0. The normalized spacial score (nSPS) is 45.3. The summed E-state index contributed by atoms with van der Waals surface area (Å²) in [5, 5.41) is 11.7. The fraction of sp³-hybridized carbons (Fsp3) is 0.760. The van der Waals surface area contributed by atoms with Crippen LogP contribution in [-0.4, -0.2) is 36.5 Å². The van der Waals surface area contributed by atoms with Crippen molar-refractivity contribution < 1.29 is 28.8 Å². The Morgan fingerprint density at radius 3 is 2.39 bits per heavy atom. The molecule has 5 heterocycles. The summed E-state index contributed by atoms with van der Waals surface area (Å²) in [6.45, 7) is 12.6. The van der Waals surface area contributed by atoms with Gasteiger partial charge in [-0.25, -0.2) is 0 Å². The summed E-state index contributed by atoms with van der Waals surface area (Å²) in [5.41, 5.74) is 2.12. The number of hydrogen-bond donors (Lipinski definition) is 1. The molecule has 0 radical (unpaired) electrons. The Balaban J connectivity index is 1.58. The van der Waals surface area contributed by atoms with Gasteiger partial charge < -0.3 is 28.8 Å². The molecule has 6 nitrogen and oxygen atoms in total. The molecule has 0 saturated carbocycles. The van der Waals surface area contributed by atoms with E-state index in [9.17, 15) is 5.11 Å². The Labute approximate surface area is 184 Å². The van der Waals surface area contributed by atoms with Crippen LogP contribution < -0.4 is 9.47 Å². The zero-order chi connectivity index (χ0) is 21.8. The third-order valence-corrected chi connectivity index (χ3v) is 8.60. The average molecular weight is 431 g/mol. The highest BCUT2D eigenvalue weighted by atomic mass is 16.7. The van der Waals surface area contributed by atoms with Gasteiger partial charge in [0.25, 0.3) is 0 Å². The summed E-state index contributed by atoms with van der Waals surface area (Å²) in [4.78, 5) is 0. The molecule has 0 unspecified atom stereocenters. The largest absolute Gasteiger partial charge is 0.507 e. The van der Waals surface area contributed by atoms with Crippen LogP contribution in [0, 0.1) is 23.7 Å². The van der Waals surface area contributed by atoms with E-state index in [2.05, 4.69) is 20.8 Å². The fourth-order valence-electron chi connectivity index (χ4n) is 6.77. The van der Waals surface area contributed by atoms with Gasteiger partial charge in [-0.15, -0.1) is 0 Å². The lowest BCUT2D eigenvalue weighted by Crippen LogP contribution is -2.47. The van der Waals surface area contributed by atoms with Gasteiger partial charge in [0.1, 0.15) is 17.2 Å². The highest BCUT2D eigenvalue weighted by molar-refractivity contribution is 5.66. The first-order valence-corrected chi connectivity index (χ1v) is 11.8. The van der Waals surface area contributed by atoms with Crippen LogP contribution in [0.4, 0.5) is 0 Å². The minimum Gasteiger partial charge on any atom is -0.507 e. The molecule has 1 aromatic carbocycles. The Morgan fingerprint density at radius 1 is 0.871 bits per heavy atom. The van der Waals surface area contributed by atoms with Crippen molar-refractivity contribution in [1.82, 2.24) is 0 Å². The van der Waals surface area contributed by atoms with E-state index in [-0.39, 0.29) is 17.6 Å². The molecule has 0 amide bonds. The summed E-state index contributed by atoms with van der Waals surface area (Å²) in [7, 11) is 0. The molecule has 6 rings (SSSR count).